The molecule has 0 atom stereocenters. The van der Waals surface area contributed by atoms with Gasteiger partial charge in [-0.1, -0.05) is 30.3 Å². The summed E-state index contributed by atoms with van der Waals surface area (Å²) < 4.78 is 0. The van der Waals surface area contributed by atoms with E-state index in [1.165, 1.54) is 15.4 Å². The summed E-state index contributed by atoms with van der Waals surface area (Å²) in [6, 6.07) is 15.1. The summed E-state index contributed by atoms with van der Waals surface area (Å²) in [5.74, 6) is 0.189. The summed E-state index contributed by atoms with van der Waals surface area (Å²) in [7, 11) is 0. The van der Waals surface area contributed by atoms with Gasteiger partial charge in [-0.25, -0.2) is 0 Å². The van der Waals surface area contributed by atoms with E-state index < -0.39 is 0 Å². The molecule has 1 aliphatic heterocycles. The van der Waals surface area contributed by atoms with Gasteiger partial charge in [0, 0.05) is 38.0 Å². The van der Waals surface area contributed by atoms with Gasteiger partial charge in [0.25, 0.3) is 0 Å². The van der Waals surface area contributed by atoms with Crippen LogP contribution in [0.3, 0.4) is 0 Å². The van der Waals surface area contributed by atoms with E-state index in [4.69, 9.17) is 0 Å². The van der Waals surface area contributed by atoms with Crippen molar-refractivity contribution in [3.63, 3.8) is 0 Å². The quantitative estimate of drug-likeness (QED) is 0.865. The van der Waals surface area contributed by atoms with Crippen molar-refractivity contribution >= 4 is 22.2 Å². The summed E-state index contributed by atoms with van der Waals surface area (Å²) >= 11 is 1.89. The average Bonchev–Trinajstić information content (AvgIpc) is 3.03. The summed E-state index contributed by atoms with van der Waals surface area (Å²) in [6.07, 6.45) is 2.20. The van der Waals surface area contributed by atoms with Gasteiger partial charge in [-0.15, -0.1) is 11.3 Å². The molecule has 4 heteroatoms. The van der Waals surface area contributed by atoms with E-state index >= 15 is 0 Å². The molecule has 1 fully saturated rings. The first-order valence-corrected chi connectivity index (χ1v) is 8.67. The summed E-state index contributed by atoms with van der Waals surface area (Å²) in [6.45, 7) is 5.22. The van der Waals surface area contributed by atoms with Gasteiger partial charge in [-0.2, -0.15) is 0 Å². The van der Waals surface area contributed by atoms with Crippen molar-refractivity contribution in [2.24, 2.45) is 0 Å². The number of aryl methyl sites for hydroxylation is 2. The van der Waals surface area contributed by atoms with Gasteiger partial charge in [-0.05, 0) is 30.5 Å². The SMILES string of the molecule is CC(=O)N1CCN(c2ccc(CCc3ccccc3)s2)CC1. The number of hydrogen-bond acceptors (Lipinski definition) is 3. The fourth-order valence-corrected chi connectivity index (χ4v) is 3.88. The van der Waals surface area contributed by atoms with Crippen molar-refractivity contribution in [3.8, 4) is 0 Å². The van der Waals surface area contributed by atoms with Crippen LogP contribution >= 0.6 is 11.3 Å². The van der Waals surface area contributed by atoms with E-state index in [-0.39, 0.29) is 5.91 Å². The van der Waals surface area contributed by atoms with Crippen molar-refractivity contribution in [2.45, 2.75) is 19.8 Å². The van der Waals surface area contributed by atoms with E-state index in [2.05, 4.69) is 47.4 Å². The molecule has 3 nitrogen and oxygen atoms in total. The van der Waals surface area contributed by atoms with Gasteiger partial charge >= 0.3 is 0 Å². The minimum atomic E-state index is 0.189. The standard InChI is InChI=1S/C18H22N2OS/c1-15(21)19-11-13-20(14-12-19)18-10-9-17(22-18)8-7-16-5-3-2-4-6-16/h2-6,9-10H,7-8,11-14H2,1H3. The number of benzene rings is 1. The minimum absolute atomic E-state index is 0.189. The van der Waals surface area contributed by atoms with E-state index in [0.29, 0.717) is 0 Å². The third-order valence-electron chi connectivity index (χ3n) is 4.19. The Morgan fingerprint density at radius 1 is 1.00 bits per heavy atom. The highest BCUT2D eigenvalue weighted by Crippen LogP contribution is 2.28. The lowest BCUT2D eigenvalue weighted by Gasteiger charge is -2.34. The maximum Gasteiger partial charge on any atom is 0.219 e. The zero-order valence-electron chi connectivity index (χ0n) is 13.0. The molecular formula is C18H22N2OS. The van der Waals surface area contributed by atoms with Crippen molar-refractivity contribution in [1.29, 1.82) is 0 Å². The molecule has 3 rings (SSSR count). The van der Waals surface area contributed by atoms with Crippen LogP contribution in [0.15, 0.2) is 42.5 Å². The predicted molar refractivity (Wildman–Crippen MR) is 92.6 cm³/mol. The van der Waals surface area contributed by atoms with Crippen LogP contribution in [0, 0.1) is 0 Å². The van der Waals surface area contributed by atoms with E-state index in [0.717, 1.165) is 39.0 Å². The first-order chi connectivity index (χ1) is 10.7. The third-order valence-corrected chi connectivity index (χ3v) is 5.39. The Labute approximate surface area is 136 Å². The highest BCUT2D eigenvalue weighted by atomic mass is 32.1. The molecule has 22 heavy (non-hydrogen) atoms. The van der Waals surface area contributed by atoms with Crippen molar-refractivity contribution in [2.75, 3.05) is 31.1 Å². The number of carbonyl (C=O) groups is 1. The fraction of sp³-hybridized carbons (Fsp3) is 0.389. The maximum absolute atomic E-state index is 11.4. The van der Waals surface area contributed by atoms with Crippen LogP contribution in [-0.2, 0) is 17.6 Å². The molecule has 0 saturated carbocycles. The zero-order chi connectivity index (χ0) is 15.4. The minimum Gasteiger partial charge on any atom is -0.360 e. The zero-order valence-corrected chi connectivity index (χ0v) is 13.8. The third kappa shape index (κ3) is 3.69. The van der Waals surface area contributed by atoms with Gasteiger partial charge in [0.1, 0.15) is 0 Å². The van der Waals surface area contributed by atoms with E-state index in [9.17, 15) is 4.79 Å². The summed E-state index contributed by atoms with van der Waals surface area (Å²) in [5.41, 5.74) is 1.40. The Morgan fingerprint density at radius 2 is 1.73 bits per heavy atom. The molecule has 1 aromatic carbocycles. The molecular weight excluding hydrogens is 292 g/mol. The molecule has 0 radical (unpaired) electrons. The monoisotopic (exact) mass is 314 g/mol. The molecule has 0 unspecified atom stereocenters. The Balaban J connectivity index is 1.54. The van der Waals surface area contributed by atoms with Crippen molar-refractivity contribution < 1.29 is 4.79 Å². The highest BCUT2D eigenvalue weighted by Gasteiger charge is 2.19. The van der Waals surface area contributed by atoms with Crippen molar-refractivity contribution in [3.05, 3.63) is 52.9 Å². The Kier molecular flexibility index (Phi) is 4.78. The van der Waals surface area contributed by atoms with Crippen LogP contribution in [0.25, 0.3) is 0 Å². The fourth-order valence-electron chi connectivity index (χ4n) is 2.82. The lowest BCUT2D eigenvalue weighted by atomic mass is 10.1. The Morgan fingerprint density at radius 3 is 2.41 bits per heavy atom. The molecule has 0 spiro atoms. The maximum atomic E-state index is 11.4. The number of rotatable bonds is 4. The molecule has 2 aromatic rings. The number of anilines is 1. The number of carbonyl (C=O) groups excluding carboxylic acids is 1. The predicted octanol–water partition coefficient (Wildman–Crippen LogP) is 3.20. The van der Waals surface area contributed by atoms with E-state index in [1.54, 1.807) is 6.92 Å². The van der Waals surface area contributed by atoms with Crippen LogP contribution in [0.2, 0.25) is 0 Å². The number of nitrogens with zero attached hydrogens (tertiary/aromatic N) is 2. The topological polar surface area (TPSA) is 23.6 Å². The molecule has 1 aliphatic rings. The molecule has 0 aliphatic carbocycles. The molecule has 2 heterocycles. The van der Waals surface area contributed by atoms with Gasteiger partial charge < -0.3 is 9.80 Å². The number of thiophene rings is 1. The first-order valence-electron chi connectivity index (χ1n) is 7.85. The normalized spacial score (nSPS) is 15.1. The Bertz CT molecular complexity index is 615. The lowest BCUT2D eigenvalue weighted by Crippen LogP contribution is -2.47. The second-order valence-corrected chi connectivity index (χ2v) is 6.87. The van der Waals surface area contributed by atoms with Gasteiger partial charge in [0.05, 0.1) is 5.00 Å². The van der Waals surface area contributed by atoms with Crippen LogP contribution in [0.5, 0.6) is 0 Å². The molecule has 0 bridgehead atoms. The van der Waals surface area contributed by atoms with Crippen LogP contribution in [-0.4, -0.2) is 37.0 Å². The largest absolute Gasteiger partial charge is 0.360 e. The second kappa shape index (κ2) is 6.97. The lowest BCUT2D eigenvalue weighted by molar-refractivity contribution is -0.129. The van der Waals surface area contributed by atoms with Crippen LogP contribution in [0.1, 0.15) is 17.4 Å². The smallest absolute Gasteiger partial charge is 0.219 e. The second-order valence-electron chi connectivity index (χ2n) is 5.72. The summed E-state index contributed by atoms with van der Waals surface area (Å²) in [4.78, 5) is 17.1. The molecule has 1 saturated heterocycles. The van der Waals surface area contributed by atoms with E-state index in [1.807, 2.05) is 16.2 Å². The summed E-state index contributed by atoms with van der Waals surface area (Å²) in [5, 5.41) is 1.34. The van der Waals surface area contributed by atoms with Crippen LogP contribution in [0.4, 0.5) is 5.00 Å². The average molecular weight is 314 g/mol. The first kappa shape index (κ1) is 15.1. The molecule has 116 valence electrons. The highest BCUT2D eigenvalue weighted by molar-refractivity contribution is 7.16. The van der Waals surface area contributed by atoms with Gasteiger partial charge in [0.2, 0.25) is 5.91 Å². The molecule has 1 amide bonds. The number of amides is 1. The van der Waals surface area contributed by atoms with Gasteiger partial charge in [-0.3, -0.25) is 4.79 Å². The van der Waals surface area contributed by atoms with Crippen molar-refractivity contribution in [1.82, 2.24) is 4.90 Å². The number of hydrogen-bond donors (Lipinski definition) is 0. The van der Waals surface area contributed by atoms with Crippen LogP contribution < -0.4 is 4.90 Å². The van der Waals surface area contributed by atoms with Gasteiger partial charge in [0.15, 0.2) is 0 Å². The molecule has 0 N–H and O–H groups in total. The molecule has 1 aromatic heterocycles. The Hall–Kier alpha value is -1.81. The number of piperazine rings is 1.